The molecule has 0 aromatic heterocycles. The highest BCUT2D eigenvalue weighted by Gasteiger charge is 2.55. The summed E-state index contributed by atoms with van der Waals surface area (Å²) in [6.07, 6.45) is -4.51. The molecule has 4 aliphatic rings. The SMILES string of the molecule is COc1cc(C2c3cc4c(cc3C(OC3OC(C)C(OC(C)(C)OC)C(CO)C3O)C3COC(=O)C23)OCO4)cc(OC)c1O. The first kappa shape index (κ1) is 31.6. The fourth-order valence-corrected chi connectivity index (χ4v) is 6.92. The Bertz CT molecular complexity index is 1400. The van der Waals surface area contributed by atoms with E-state index >= 15 is 0 Å². The second-order valence-corrected chi connectivity index (χ2v) is 12.2. The topological polar surface area (TPSA) is 161 Å². The number of fused-ring (bicyclic) bond motifs is 3. The second kappa shape index (κ2) is 12.1. The van der Waals surface area contributed by atoms with Gasteiger partial charge in [0.25, 0.3) is 0 Å². The summed E-state index contributed by atoms with van der Waals surface area (Å²) in [6.45, 7) is 4.95. The molecule has 3 aliphatic heterocycles. The van der Waals surface area contributed by atoms with E-state index in [1.165, 1.54) is 21.3 Å². The highest BCUT2D eigenvalue weighted by molar-refractivity contribution is 5.79. The quantitative estimate of drug-likeness (QED) is 0.274. The maximum Gasteiger partial charge on any atom is 0.310 e. The van der Waals surface area contributed by atoms with Gasteiger partial charge in [0.1, 0.15) is 6.10 Å². The number of rotatable bonds is 9. The zero-order chi connectivity index (χ0) is 32.2. The molecule has 0 saturated carbocycles. The first-order valence-corrected chi connectivity index (χ1v) is 14.9. The van der Waals surface area contributed by atoms with Crippen LogP contribution in [0.4, 0.5) is 0 Å². The fraction of sp³-hybridized carbons (Fsp3) is 0.594. The molecule has 3 N–H and O–H groups in total. The normalized spacial score (nSPS) is 32.1. The van der Waals surface area contributed by atoms with E-state index in [1.807, 2.05) is 12.1 Å². The maximum atomic E-state index is 13.5. The van der Waals surface area contributed by atoms with Crippen LogP contribution in [-0.2, 0) is 28.5 Å². The van der Waals surface area contributed by atoms with Crippen LogP contribution in [0.5, 0.6) is 28.7 Å². The lowest BCUT2D eigenvalue weighted by molar-refractivity contribution is -0.338. The molecule has 3 heterocycles. The van der Waals surface area contributed by atoms with Crippen LogP contribution >= 0.6 is 0 Å². The van der Waals surface area contributed by atoms with Crippen LogP contribution in [0, 0.1) is 17.8 Å². The number of hydrogen-bond donors (Lipinski definition) is 3. The number of methoxy groups -OCH3 is 3. The lowest BCUT2D eigenvalue weighted by Crippen LogP contribution is -2.58. The lowest BCUT2D eigenvalue weighted by Gasteiger charge is -2.47. The zero-order valence-electron chi connectivity index (χ0n) is 26.1. The molecule has 9 atom stereocenters. The van der Waals surface area contributed by atoms with Crippen LogP contribution < -0.4 is 18.9 Å². The third-order valence-corrected chi connectivity index (χ3v) is 9.33. The summed E-state index contributed by atoms with van der Waals surface area (Å²) < 4.78 is 52.2. The molecule has 0 radical (unpaired) electrons. The number of aliphatic hydroxyl groups is 2. The van der Waals surface area contributed by atoms with E-state index in [0.717, 1.165) is 0 Å². The van der Waals surface area contributed by atoms with Gasteiger partial charge in [0.05, 0.1) is 51.7 Å². The van der Waals surface area contributed by atoms with Crippen LogP contribution in [0.2, 0.25) is 0 Å². The number of aliphatic hydroxyl groups excluding tert-OH is 2. The minimum absolute atomic E-state index is 0.0313. The molecular weight excluding hydrogens is 592 g/mol. The first-order chi connectivity index (χ1) is 21.5. The van der Waals surface area contributed by atoms with Gasteiger partial charge in [-0.05, 0) is 61.7 Å². The van der Waals surface area contributed by atoms with Crippen LogP contribution in [-0.4, -0.2) is 93.0 Å². The molecule has 45 heavy (non-hydrogen) atoms. The van der Waals surface area contributed by atoms with Crippen LogP contribution in [0.15, 0.2) is 24.3 Å². The van der Waals surface area contributed by atoms with Crippen molar-refractivity contribution in [3.8, 4) is 28.7 Å². The summed E-state index contributed by atoms with van der Waals surface area (Å²) in [5.74, 6) is -2.72. The number of phenolic OH excluding ortho intramolecular Hbond substituents is 1. The van der Waals surface area contributed by atoms with Crippen LogP contribution in [0.1, 0.15) is 49.5 Å². The summed E-state index contributed by atoms with van der Waals surface area (Å²) >= 11 is 0. The predicted molar refractivity (Wildman–Crippen MR) is 154 cm³/mol. The molecule has 0 amide bonds. The average molecular weight is 633 g/mol. The average Bonchev–Trinajstić information content (AvgIpc) is 3.65. The number of cyclic esters (lactones) is 1. The van der Waals surface area contributed by atoms with Crippen molar-refractivity contribution in [3.05, 3.63) is 41.0 Å². The summed E-state index contributed by atoms with van der Waals surface area (Å²) in [5, 5.41) is 32.4. The highest BCUT2D eigenvalue weighted by Crippen LogP contribution is 2.57. The first-order valence-electron chi connectivity index (χ1n) is 14.9. The molecule has 13 heteroatoms. The van der Waals surface area contributed by atoms with E-state index in [9.17, 15) is 20.1 Å². The largest absolute Gasteiger partial charge is 0.502 e. The van der Waals surface area contributed by atoms with Crippen molar-refractivity contribution in [2.24, 2.45) is 17.8 Å². The molecule has 2 fully saturated rings. The summed E-state index contributed by atoms with van der Waals surface area (Å²) in [6, 6.07) is 6.98. The van der Waals surface area contributed by atoms with Crippen molar-refractivity contribution >= 4 is 5.97 Å². The zero-order valence-corrected chi connectivity index (χ0v) is 26.1. The Labute approximate surface area is 260 Å². The Hall–Kier alpha value is -3.33. The van der Waals surface area contributed by atoms with Gasteiger partial charge in [0, 0.05) is 24.9 Å². The lowest BCUT2D eigenvalue weighted by atomic mass is 9.66. The van der Waals surface area contributed by atoms with Gasteiger partial charge in [-0.25, -0.2) is 0 Å². The van der Waals surface area contributed by atoms with Crippen LogP contribution in [0.3, 0.4) is 0 Å². The Morgan fingerprint density at radius 1 is 0.978 bits per heavy atom. The molecule has 246 valence electrons. The standard InChI is InChI=1S/C32H40O13/c1-14-28(45-32(2,3)39-6)18(11-33)26(34)31(43-14)44-29-17-10-21-20(41-13-42-21)9-16(17)24(25-19(29)12-40-30(25)36)15-7-22(37-4)27(35)23(8-15)38-5/h7-10,14,18-19,24-26,28-29,31,33-35H,11-13H2,1-6H3. The number of aromatic hydroxyl groups is 1. The Morgan fingerprint density at radius 2 is 1.62 bits per heavy atom. The number of phenols is 1. The predicted octanol–water partition coefficient (Wildman–Crippen LogP) is 2.61. The number of carbonyl (C=O) groups is 1. The molecule has 2 saturated heterocycles. The van der Waals surface area contributed by atoms with E-state index in [0.29, 0.717) is 28.2 Å². The Morgan fingerprint density at radius 3 is 2.22 bits per heavy atom. The minimum atomic E-state index is -1.28. The molecule has 1 aliphatic carbocycles. The number of carbonyl (C=O) groups excluding carboxylic acids is 1. The third kappa shape index (κ3) is 5.45. The Balaban J connectivity index is 1.42. The van der Waals surface area contributed by atoms with Crippen LogP contribution in [0.25, 0.3) is 0 Å². The van der Waals surface area contributed by atoms with Gasteiger partial charge in [-0.15, -0.1) is 0 Å². The van der Waals surface area contributed by atoms with Crippen molar-refractivity contribution in [2.75, 3.05) is 41.3 Å². The third-order valence-electron chi connectivity index (χ3n) is 9.33. The molecule has 6 rings (SSSR count). The Kier molecular flexibility index (Phi) is 8.52. The second-order valence-electron chi connectivity index (χ2n) is 12.2. The smallest absolute Gasteiger partial charge is 0.310 e. The van der Waals surface area contributed by atoms with Crippen molar-refractivity contribution in [1.29, 1.82) is 0 Å². The van der Waals surface area contributed by atoms with Gasteiger partial charge in [-0.1, -0.05) is 0 Å². The van der Waals surface area contributed by atoms with Gasteiger partial charge in [0.2, 0.25) is 12.5 Å². The molecular formula is C32H40O13. The number of esters is 1. The van der Waals surface area contributed by atoms with E-state index in [-0.39, 0.29) is 37.3 Å². The number of benzene rings is 2. The highest BCUT2D eigenvalue weighted by atomic mass is 16.7. The fourth-order valence-electron chi connectivity index (χ4n) is 6.92. The number of ether oxygens (including phenoxy) is 9. The monoisotopic (exact) mass is 632 g/mol. The van der Waals surface area contributed by atoms with E-state index in [2.05, 4.69) is 0 Å². The molecule has 9 unspecified atom stereocenters. The summed E-state index contributed by atoms with van der Waals surface area (Å²) in [5.41, 5.74) is 2.05. The minimum Gasteiger partial charge on any atom is -0.502 e. The van der Waals surface area contributed by atoms with Gasteiger partial charge < -0.3 is 58.0 Å². The van der Waals surface area contributed by atoms with E-state index < -0.39 is 66.1 Å². The number of hydrogen-bond acceptors (Lipinski definition) is 13. The van der Waals surface area contributed by atoms with E-state index in [1.54, 1.807) is 32.9 Å². The summed E-state index contributed by atoms with van der Waals surface area (Å²) in [7, 11) is 4.38. The molecule has 13 nitrogen and oxygen atoms in total. The van der Waals surface area contributed by atoms with Gasteiger partial charge in [-0.2, -0.15) is 0 Å². The van der Waals surface area contributed by atoms with Crippen molar-refractivity contribution in [1.82, 2.24) is 0 Å². The molecule has 0 bridgehead atoms. The maximum absolute atomic E-state index is 13.5. The van der Waals surface area contributed by atoms with Crippen molar-refractivity contribution < 1.29 is 62.7 Å². The molecule has 0 spiro atoms. The van der Waals surface area contributed by atoms with Gasteiger partial charge in [-0.3, -0.25) is 4.79 Å². The van der Waals surface area contributed by atoms with Gasteiger partial charge in [0.15, 0.2) is 35.1 Å². The summed E-state index contributed by atoms with van der Waals surface area (Å²) in [4.78, 5) is 13.5. The van der Waals surface area contributed by atoms with Crippen molar-refractivity contribution in [3.63, 3.8) is 0 Å². The van der Waals surface area contributed by atoms with E-state index in [4.69, 9.17) is 42.6 Å². The van der Waals surface area contributed by atoms with Crippen molar-refractivity contribution in [2.45, 2.75) is 63.2 Å². The molecule has 2 aromatic carbocycles. The van der Waals surface area contributed by atoms with Gasteiger partial charge >= 0.3 is 5.97 Å². The molecule has 2 aromatic rings.